The maximum Gasteiger partial charge on any atom is 0.0983 e. The van der Waals surface area contributed by atoms with Crippen molar-refractivity contribution < 1.29 is 4.74 Å². The highest BCUT2D eigenvalue weighted by Crippen LogP contribution is 2.26. The predicted molar refractivity (Wildman–Crippen MR) is 54.9 cm³/mol. The van der Waals surface area contributed by atoms with Crippen molar-refractivity contribution in [1.29, 1.82) is 0 Å². The Balaban J connectivity index is 2.97. The highest BCUT2D eigenvalue weighted by molar-refractivity contribution is 6.31. The second-order valence-corrected chi connectivity index (χ2v) is 3.44. The van der Waals surface area contributed by atoms with Gasteiger partial charge in [0, 0.05) is 23.7 Å². The van der Waals surface area contributed by atoms with Crippen LogP contribution in [0.4, 0.5) is 0 Å². The Morgan fingerprint density at radius 1 is 1.38 bits per heavy atom. The van der Waals surface area contributed by atoms with E-state index < -0.39 is 0 Å². The second kappa shape index (κ2) is 4.61. The van der Waals surface area contributed by atoms with Gasteiger partial charge in [-0.1, -0.05) is 29.8 Å². The normalized spacial score (nSPS) is 15.4. The zero-order chi connectivity index (χ0) is 9.84. The maximum absolute atomic E-state index is 6.01. The van der Waals surface area contributed by atoms with Gasteiger partial charge < -0.3 is 10.5 Å². The lowest BCUT2D eigenvalue weighted by Gasteiger charge is -2.20. The number of nitrogens with two attached hydrogens (primary N) is 1. The van der Waals surface area contributed by atoms with Gasteiger partial charge in [0.2, 0.25) is 0 Å². The molecule has 0 aliphatic carbocycles. The maximum atomic E-state index is 6.01. The molecule has 0 bridgehead atoms. The molecule has 1 aromatic carbocycles. The topological polar surface area (TPSA) is 35.2 Å². The number of rotatable bonds is 3. The summed E-state index contributed by atoms with van der Waals surface area (Å²) in [4.78, 5) is 0. The smallest absolute Gasteiger partial charge is 0.0983 e. The molecule has 13 heavy (non-hydrogen) atoms. The molecule has 2 atom stereocenters. The molecule has 1 rings (SSSR count). The van der Waals surface area contributed by atoms with Crippen molar-refractivity contribution in [2.75, 3.05) is 7.11 Å². The Bertz CT molecular complexity index is 275. The minimum atomic E-state index is -0.131. The van der Waals surface area contributed by atoms with Crippen LogP contribution in [0.15, 0.2) is 24.3 Å². The lowest BCUT2D eigenvalue weighted by Crippen LogP contribution is -2.26. The van der Waals surface area contributed by atoms with E-state index >= 15 is 0 Å². The van der Waals surface area contributed by atoms with Crippen LogP contribution in [0.2, 0.25) is 5.02 Å². The van der Waals surface area contributed by atoms with Crippen LogP contribution in [0.1, 0.15) is 18.6 Å². The minimum absolute atomic E-state index is 0.0649. The summed E-state index contributed by atoms with van der Waals surface area (Å²) in [7, 11) is 1.64. The van der Waals surface area contributed by atoms with Gasteiger partial charge in [-0.3, -0.25) is 0 Å². The predicted octanol–water partition coefficient (Wildman–Crippen LogP) is 2.37. The first-order valence-corrected chi connectivity index (χ1v) is 4.57. The first-order chi connectivity index (χ1) is 6.16. The zero-order valence-corrected chi connectivity index (χ0v) is 8.58. The summed E-state index contributed by atoms with van der Waals surface area (Å²) in [5.41, 5.74) is 6.71. The number of halogens is 1. The SMILES string of the molecule is CO[C@H](c1ccccc1Cl)[C@@H](C)N. The van der Waals surface area contributed by atoms with Crippen LogP contribution in [0.3, 0.4) is 0 Å². The summed E-state index contributed by atoms with van der Waals surface area (Å²) in [6, 6.07) is 7.52. The van der Waals surface area contributed by atoms with E-state index in [1.807, 2.05) is 31.2 Å². The quantitative estimate of drug-likeness (QED) is 0.812. The fourth-order valence-corrected chi connectivity index (χ4v) is 1.57. The van der Waals surface area contributed by atoms with E-state index in [9.17, 15) is 0 Å². The van der Waals surface area contributed by atoms with Crippen LogP contribution in [0.25, 0.3) is 0 Å². The third kappa shape index (κ3) is 2.44. The number of benzene rings is 1. The number of methoxy groups -OCH3 is 1. The molecule has 0 aromatic heterocycles. The summed E-state index contributed by atoms with van der Waals surface area (Å²) in [6.45, 7) is 1.90. The monoisotopic (exact) mass is 199 g/mol. The van der Waals surface area contributed by atoms with Crippen molar-refractivity contribution in [3.63, 3.8) is 0 Å². The molecule has 0 radical (unpaired) electrons. The van der Waals surface area contributed by atoms with Gasteiger partial charge in [0.1, 0.15) is 0 Å². The van der Waals surface area contributed by atoms with E-state index in [2.05, 4.69) is 0 Å². The summed E-state index contributed by atoms with van der Waals surface area (Å²) in [5, 5.41) is 0.701. The first-order valence-electron chi connectivity index (χ1n) is 4.19. The molecular weight excluding hydrogens is 186 g/mol. The molecule has 0 unspecified atom stereocenters. The van der Waals surface area contributed by atoms with Gasteiger partial charge in [-0.2, -0.15) is 0 Å². The Morgan fingerprint density at radius 2 is 2.00 bits per heavy atom. The van der Waals surface area contributed by atoms with E-state index in [0.717, 1.165) is 5.56 Å². The molecule has 0 amide bonds. The molecule has 2 N–H and O–H groups in total. The first kappa shape index (κ1) is 10.5. The van der Waals surface area contributed by atoms with Gasteiger partial charge >= 0.3 is 0 Å². The van der Waals surface area contributed by atoms with Gasteiger partial charge in [0.25, 0.3) is 0 Å². The average molecular weight is 200 g/mol. The van der Waals surface area contributed by atoms with Crippen LogP contribution < -0.4 is 5.73 Å². The third-order valence-electron chi connectivity index (χ3n) is 1.94. The van der Waals surface area contributed by atoms with Gasteiger partial charge in [-0.25, -0.2) is 0 Å². The lowest BCUT2D eigenvalue weighted by molar-refractivity contribution is 0.0854. The van der Waals surface area contributed by atoms with Gasteiger partial charge in [-0.15, -0.1) is 0 Å². The Hall–Kier alpha value is -0.570. The van der Waals surface area contributed by atoms with Crippen LogP contribution >= 0.6 is 11.6 Å². The highest BCUT2D eigenvalue weighted by Gasteiger charge is 2.17. The Kier molecular flexibility index (Phi) is 3.72. The fourth-order valence-electron chi connectivity index (χ4n) is 1.33. The average Bonchev–Trinajstić information content (AvgIpc) is 2.09. The Morgan fingerprint density at radius 3 is 2.46 bits per heavy atom. The molecule has 0 aliphatic heterocycles. The summed E-state index contributed by atoms with van der Waals surface area (Å²) in [6.07, 6.45) is -0.131. The largest absolute Gasteiger partial charge is 0.375 e. The molecule has 0 aliphatic rings. The van der Waals surface area contributed by atoms with Crippen molar-refractivity contribution in [2.45, 2.75) is 19.1 Å². The van der Waals surface area contributed by atoms with Crippen molar-refractivity contribution in [3.05, 3.63) is 34.9 Å². The number of hydrogen-bond acceptors (Lipinski definition) is 2. The third-order valence-corrected chi connectivity index (χ3v) is 2.29. The molecular formula is C10H14ClNO. The standard InChI is InChI=1S/C10H14ClNO/c1-7(12)10(13-2)8-5-3-4-6-9(8)11/h3-7,10H,12H2,1-2H3/t7-,10+/m1/s1. The molecule has 0 heterocycles. The van der Waals surface area contributed by atoms with Crippen molar-refractivity contribution >= 4 is 11.6 Å². The van der Waals surface area contributed by atoms with Crippen LogP contribution in [0, 0.1) is 0 Å². The van der Waals surface area contributed by atoms with Gasteiger partial charge in [-0.05, 0) is 13.0 Å². The van der Waals surface area contributed by atoms with Crippen molar-refractivity contribution in [1.82, 2.24) is 0 Å². The van der Waals surface area contributed by atoms with Crippen molar-refractivity contribution in [3.8, 4) is 0 Å². The molecule has 72 valence electrons. The molecule has 0 saturated heterocycles. The molecule has 3 heteroatoms. The van der Waals surface area contributed by atoms with E-state index in [0.29, 0.717) is 5.02 Å². The molecule has 1 aromatic rings. The van der Waals surface area contributed by atoms with E-state index in [4.69, 9.17) is 22.1 Å². The summed E-state index contributed by atoms with van der Waals surface area (Å²) in [5.74, 6) is 0. The van der Waals surface area contributed by atoms with Gasteiger partial charge in [0.05, 0.1) is 6.10 Å². The van der Waals surface area contributed by atoms with E-state index in [1.54, 1.807) is 7.11 Å². The molecule has 2 nitrogen and oxygen atoms in total. The van der Waals surface area contributed by atoms with Gasteiger partial charge in [0.15, 0.2) is 0 Å². The minimum Gasteiger partial charge on any atom is -0.375 e. The Labute approximate surface area is 83.6 Å². The number of hydrogen-bond donors (Lipinski definition) is 1. The second-order valence-electron chi connectivity index (χ2n) is 3.04. The molecule has 0 fully saturated rings. The lowest BCUT2D eigenvalue weighted by atomic mass is 10.0. The fraction of sp³-hybridized carbons (Fsp3) is 0.400. The summed E-state index contributed by atoms with van der Waals surface area (Å²) < 4.78 is 5.27. The van der Waals surface area contributed by atoms with Crippen LogP contribution in [0.5, 0.6) is 0 Å². The highest BCUT2D eigenvalue weighted by atomic mass is 35.5. The molecule has 0 saturated carbocycles. The van der Waals surface area contributed by atoms with E-state index in [-0.39, 0.29) is 12.1 Å². The number of ether oxygens (including phenoxy) is 1. The van der Waals surface area contributed by atoms with Crippen LogP contribution in [-0.4, -0.2) is 13.2 Å². The van der Waals surface area contributed by atoms with Crippen LogP contribution in [-0.2, 0) is 4.74 Å². The zero-order valence-electron chi connectivity index (χ0n) is 7.83. The summed E-state index contributed by atoms with van der Waals surface area (Å²) >= 11 is 6.01. The van der Waals surface area contributed by atoms with Crippen molar-refractivity contribution in [2.24, 2.45) is 5.73 Å². The van der Waals surface area contributed by atoms with E-state index in [1.165, 1.54) is 0 Å². The molecule has 0 spiro atoms.